The molecule has 34 heavy (non-hydrogen) atoms. The topological polar surface area (TPSA) is 72.3 Å². The Morgan fingerprint density at radius 1 is 1.06 bits per heavy atom. The van der Waals surface area contributed by atoms with Crippen LogP contribution < -0.4 is 5.32 Å². The quantitative estimate of drug-likeness (QED) is 0.335. The summed E-state index contributed by atoms with van der Waals surface area (Å²) in [5.41, 5.74) is 4.40. The largest absolute Gasteiger partial charge is 0.465 e. The van der Waals surface area contributed by atoms with Crippen LogP contribution in [-0.2, 0) is 11.3 Å². The van der Waals surface area contributed by atoms with Gasteiger partial charge in [-0.2, -0.15) is 0 Å². The van der Waals surface area contributed by atoms with Crippen molar-refractivity contribution in [1.82, 2.24) is 24.8 Å². The number of benzene rings is 1. The van der Waals surface area contributed by atoms with E-state index in [-0.39, 0.29) is 18.1 Å². The number of nitrogens with zero attached hydrogens (tertiary/aromatic N) is 4. The van der Waals surface area contributed by atoms with E-state index in [1.807, 2.05) is 60.8 Å². The van der Waals surface area contributed by atoms with Crippen LogP contribution in [0.4, 0.5) is 0 Å². The van der Waals surface area contributed by atoms with Gasteiger partial charge in [-0.1, -0.05) is 12.1 Å². The number of pyridine rings is 2. The van der Waals surface area contributed by atoms with Crippen LogP contribution >= 0.6 is 12.2 Å². The fraction of sp³-hybridized carbons (Fsp3) is 0.154. The summed E-state index contributed by atoms with van der Waals surface area (Å²) in [7, 11) is 1.38. The molecule has 1 aliphatic rings. The monoisotopic (exact) mass is 469 g/mol. The molecule has 4 heterocycles. The Hall–Kier alpha value is -4.04. The third-order valence-corrected chi connectivity index (χ3v) is 6.28. The molecule has 1 saturated heterocycles. The van der Waals surface area contributed by atoms with Crippen molar-refractivity contribution in [1.29, 1.82) is 0 Å². The number of carbonyl (C=O) groups excluding carboxylic acids is 1. The standard InChI is InChI=1S/C26H23N5O2S/c1-33-25(32)19-6-4-7-20(16-19)30-15-5-9-22(30)24-23(21-8-2-3-12-28-21)29-26(34)31(24)17-18-10-13-27-14-11-18/h2-16,23-24H,17H2,1H3,(H,29,34)/t23-,24-/m1/s1. The molecule has 2 atom stereocenters. The van der Waals surface area contributed by atoms with Crippen LogP contribution in [0, 0.1) is 0 Å². The van der Waals surface area contributed by atoms with Crippen molar-refractivity contribution in [3.8, 4) is 5.69 Å². The molecule has 3 aromatic heterocycles. The third kappa shape index (κ3) is 4.15. The minimum Gasteiger partial charge on any atom is -0.465 e. The zero-order valence-corrected chi connectivity index (χ0v) is 19.4. The van der Waals surface area contributed by atoms with Gasteiger partial charge < -0.3 is 19.5 Å². The number of esters is 1. The second-order valence-electron chi connectivity index (χ2n) is 7.95. The highest BCUT2D eigenvalue weighted by atomic mass is 32.1. The zero-order chi connectivity index (χ0) is 23.5. The van der Waals surface area contributed by atoms with Crippen LogP contribution in [0.25, 0.3) is 5.69 Å². The summed E-state index contributed by atoms with van der Waals surface area (Å²) in [6, 6.07) is 21.1. The summed E-state index contributed by atoms with van der Waals surface area (Å²) in [5.74, 6) is -0.370. The van der Waals surface area contributed by atoms with Crippen molar-refractivity contribution in [3.05, 3.63) is 114 Å². The fourth-order valence-corrected chi connectivity index (χ4v) is 4.66. The van der Waals surface area contributed by atoms with Gasteiger partial charge in [-0.25, -0.2) is 4.79 Å². The Labute approximate surface area is 203 Å². The summed E-state index contributed by atoms with van der Waals surface area (Å²) in [5, 5.41) is 4.15. The van der Waals surface area contributed by atoms with Crippen LogP contribution in [-0.4, -0.2) is 37.6 Å². The number of carbonyl (C=O) groups is 1. The number of hydrogen-bond donors (Lipinski definition) is 1. The molecule has 0 bridgehead atoms. The molecule has 5 rings (SSSR count). The Bertz CT molecular complexity index is 1310. The predicted octanol–water partition coefficient (Wildman–Crippen LogP) is 4.23. The Balaban J connectivity index is 1.59. The maximum atomic E-state index is 12.1. The first-order valence-electron chi connectivity index (χ1n) is 10.9. The van der Waals surface area contributed by atoms with Gasteiger partial charge in [-0.05, 0) is 72.4 Å². The lowest BCUT2D eigenvalue weighted by atomic mass is 10.0. The molecule has 1 aliphatic heterocycles. The van der Waals surface area contributed by atoms with E-state index in [0.717, 1.165) is 22.6 Å². The molecular weight excluding hydrogens is 446 g/mol. The molecule has 0 unspecified atom stereocenters. The minimum atomic E-state index is -0.370. The molecule has 0 radical (unpaired) electrons. The van der Waals surface area contributed by atoms with E-state index >= 15 is 0 Å². The third-order valence-electron chi connectivity index (χ3n) is 5.93. The second kappa shape index (κ2) is 9.44. The van der Waals surface area contributed by atoms with E-state index in [2.05, 4.69) is 30.8 Å². The molecule has 4 aromatic rings. The maximum Gasteiger partial charge on any atom is 0.337 e. The first-order chi connectivity index (χ1) is 16.7. The molecule has 1 fully saturated rings. The number of nitrogens with one attached hydrogen (secondary N) is 1. The van der Waals surface area contributed by atoms with Gasteiger partial charge >= 0.3 is 5.97 Å². The number of methoxy groups -OCH3 is 1. The second-order valence-corrected chi connectivity index (χ2v) is 8.34. The van der Waals surface area contributed by atoms with Gasteiger partial charge in [0.15, 0.2) is 5.11 Å². The number of thiocarbonyl (C=S) groups is 1. The van der Waals surface area contributed by atoms with Crippen molar-refractivity contribution in [2.75, 3.05) is 7.11 Å². The van der Waals surface area contributed by atoms with E-state index in [4.69, 9.17) is 17.0 Å². The average Bonchev–Trinajstić information content (AvgIpc) is 3.49. The van der Waals surface area contributed by atoms with Crippen LogP contribution in [0.3, 0.4) is 0 Å². The van der Waals surface area contributed by atoms with E-state index in [1.165, 1.54) is 7.11 Å². The predicted molar refractivity (Wildman–Crippen MR) is 132 cm³/mol. The molecule has 170 valence electrons. The highest BCUT2D eigenvalue weighted by Crippen LogP contribution is 2.40. The SMILES string of the molecule is COC(=O)c1cccc(-n2cccc2[C@@H]2[C@@H](c3ccccn3)NC(=S)N2Cc2ccncc2)c1. The molecule has 1 N–H and O–H groups in total. The molecule has 1 aromatic carbocycles. The summed E-state index contributed by atoms with van der Waals surface area (Å²) in [6.45, 7) is 0.621. The van der Waals surface area contributed by atoms with Gasteiger partial charge in [0, 0.05) is 42.7 Å². The molecule has 0 spiro atoms. The van der Waals surface area contributed by atoms with Crippen LogP contribution in [0.5, 0.6) is 0 Å². The minimum absolute atomic E-state index is 0.132. The first-order valence-corrected chi connectivity index (χ1v) is 11.3. The summed E-state index contributed by atoms with van der Waals surface area (Å²) >= 11 is 5.80. The van der Waals surface area contributed by atoms with Gasteiger partial charge in [-0.15, -0.1) is 0 Å². The summed E-state index contributed by atoms with van der Waals surface area (Å²) < 4.78 is 7.00. The zero-order valence-electron chi connectivity index (χ0n) is 18.5. The van der Waals surface area contributed by atoms with Crippen molar-refractivity contribution >= 4 is 23.3 Å². The average molecular weight is 470 g/mol. The van der Waals surface area contributed by atoms with Crippen molar-refractivity contribution in [2.24, 2.45) is 0 Å². The molecule has 0 amide bonds. The van der Waals surface area contributed by atoms with E-state index < -0.39 is 0 Å². The Morgan fingerprint density at radius 3 is 2.68 bits per heavy atom. The smallest absolute Gasteiger partial charge is 0.337 e. The van der Waals surface area contributed by atoms with Gasteiger partial charge in [0.2, 0.25) is 0 Å². The number of ether oxygens (including phenoxy) is 1. The van der Waals surface area contributed by atoms with Crippen molar-refractivity contribution in [3.63, 3.8) is 0 Å². The van der Waals surface area contributed by atoms with Gasteiger partial charge in [0.25, 0.3) is 0 Å². The lowest BCUT2D eigenvalue weighted by molar-refractivity contribution is 0.0600. The molecule has 0 saturated carbocycles. The van der Waals surface area contributed by atoms with Crippen molar-refractivity contribution in [2.45, 2.75) is 18.6 Å². The van der Waals surface area contributed by atoms with Gasteiger partial charge in [-0.3, -0.25) is 9.97 Å². The molecule has 8 heteroatoms. The van der Waals surface area contributed by atoms with Gasteiger partial charge in [0.1, 0.15) is 0 Å². The lowest BCUT2D eigenvalue weighted by Gasteiger charge is -2.29. The van der Waals surface area contributed by atoms with Crippen molar-refractivity contribution < 1.29 is 9.53 Å². The van der Waals surface area contributed by atoms with E-state index in [0.29, 0.717) is 17.2 Å². The summed E-state index contributed by atoms with van der Waals surface area (Å²) in [4.78, 5) is 23.1. The highest BCUT2D eigenvalue weighted by Gasteiger charge is 2.41. The fourth-order valence-electron chi connectivity index (χ4n) is 4.35. The Morgan fingerprint density at radius 2 is 1.91 bits per heavy atom. The lowest BCUT2D eigenvalue weighted by Crippen LogP contribution is -2.30. The molecule has 7 nitrogen and oxygen atoms in total. The highest BCUT2D eigenvalue weighted by molar-refractivity contribution is 7.80. The number of rotatable bonds is 6. The van der Waals surface area contributed by atoms with Crippen LogP contribution in [0.15, 0.2) is 91.5 Å². The Kier molecular flexibility index (Phi) is 6.05. The maximum absolute atomic E-state index is 12.1. The summed E-state index contributed by atoms with van der Waals surface area (Å²) in [6.07, 6.45) is 7.36. The number of hydrogen-bond acceptors (Lipinski definition) is 5. The number of aromatic nitrogens is 3. The first kappa shape index (κ1) is 21.8. The van der Waals surface area contributed by atoms with Gasteiger partial charge in [0.05, 0.1) is 30.5 Å². The molecular formula is C26H23N5O2S. The van der Waals surface area contributed by atoms with Crippen LogP contribution in [0.1, 0.15) is 39.4 Å². The molecule has 0 aliphatic carbocycles. The normalized spacial score (nSPS) is 17.4. The van der Waals surface area contributed by atoms with Crippen LogP contribution in [0.2, 0.25) is 0 Å². The van der Waals surface area contributed by atoms with E-state index in [9.17, 15) is 4.79 Å². The van der Waals surface area contributed by atoms with E-state index in [1.54, 1.807) is 24.7 Å².